The molecule has 2 aromatic carbocycles. The number of carbonyl (C=O) groups excluding carboxylic acids is 1. The van der Waals surface area contributed by atoms with Crippen molar-refractivity contribution in [3.63, 3.8) is 0 Å². The zero-order valence-electron chi connectivity index (χ0n) is 17.8. The predicted octanol–water partition coefficient (Wildman–Crippen LogP) is 3.69. The van der Waals surface area contributed by atoms with Gasteiger partial charge in [0.1, 0.15) is 11.6 Å². The lowest BCUT2D eigenvalue weighted by Gasteiger charge is -2.43. The molecule has 6 heteroatoms. The summed E-state index contributed by atoms with van der Waals surface area (Å²) in [5.41, 5.74) is 3.31. The van der Waals surface area contributed by atoms with Gasteiger partial charge < -0.3 is 4.90 Å². The summed E-state index contributed by atoms with van der Waals surface area (Å²) in [6, 6.07) is 10.1. The van der Waals surface area contributed by atoms with Crippen molar-refractivity contribution in [1.29, 1.82) is 0 Å². The van der Waals surface area contributed by atoms with Gasteiger partial charge in [0, 0.05) is 50.9 Å². The van der Waals surface area contributed by atoms with Crippen molar-refractivity contribution in [3.8, 4) is 11.1 Å². The van der Waals surface area contributed by atoms with E-state index < -0.39 is 11.6 Å². The first-order valence-electron chi connectivity index (χ1n) is 11.4. The van der Waals surface area contributed by atoms with Gasteiger partial charge in [-0.1, -0.05) is 24.6 Å². The van der Waals surface area contributed by atoms with Crippen LogP contribution < -0.4 is 0 Å². The quantitative estimate of drug-likeness (QED) is 0.748. The zero-order valence-corrected chi connectivity index (χ0v) is 17.8. The standard InChI is InChI=1S/C25H29F2N3O/c26-21-6-7-24(27)23(15-21)19-4-5-20-16-28(9-8-18(20)14-19)17-25(31)30-12-10-29(11-13-30)22-2-1-3-22/h4-7,14-15,22H,1-3,8-13,16-17H2. The van der Waals surface area contributed by atoms with Crippen LogP contribution in [0.25, 0.3) is 11.1 Å². The van der Waals surface area contributed by atoms with E-state index in [0.29, 0.717) is 17.7 Å². The first-order chi connectivity index (χ1) is 15.1. The minimum atomic E-state index is -0.438. The smallest absolute Gasteiger partial charge is 0.236 e. The third-order valence-corrected chi connectivity index (χ3v) is 7.15. The van der Waals surface area contributed by atoms with Crippen LogP contribution in [-0.4, -0.2) is 65.9 Å². The summed E-state index contributed by atoms with van der Waals surface area (Å²) in [6.45, 7) is 5.63. The number of carbonyl (C=O) groups is 1. The third-order valence-electron chi connectivity index (χ3n) is 7.15. The maximum Gasteiger partial charge on any atom is 0.236 e. The molecule has 2 heterocycles. The van der Waals surface area contributed by atoms with Crippen molar-refractivity contribution in [3.05, 3.63) is 59.2 Å². The van der Waals surface area contributed by atoms with Crippen LogP contribution in [0, 0.1) is 11.6 Å². The minimum absolute atomic E-state index is 0.218. The Balaban J connectivity index is 1.19. The predicted molar refractivity (Wildman–Crippen MR) is 117 cm³/mol. The van der Waals surface area contributed by atoms with Gasteiger partial charge in [-0.3, -0.25) is 14.6 Å². The average molecular weight is 426 g/mol. The molecule has 0 bridgehead atoms. The lowest BCUT2D eigenvalue weighted by atomic mass is 9.91. The summed E-state index contributed by atoms with van der Waals surface area (Å²) in [7, 11) is 0. The fourth-order valence-electron chi connectivity index (χ4n) is 5.01. The van der Waals surface area contributed by atoms with E-state index in [9.17, 15) is 13.6 Å². The van der Waals surface area contributed by atoms with E-state index in [0.717, 1.165) is 68.9 Å². The molecule has 2 aliphatic heterocycles. The van der Waals surface area contributed by atoms with Gasteiger partial charge in [0.2, 0.25) is 5.91 Å². The van der Waals surface area contributed by atoms with E-state index in [1.54, 1.807) is 0 Å². The second-order valence-electron chi connectivity index (χ2n) is 9.07. The van der Waals surface area contributed by atoms with Crippen LogP contribution in [-0.2, 0) is 17.8 Å². The van der Waals surface area contributed by atoms with Crippen LogP contribution in [0.15, 0.2) is 36.4 Å². The molecule has 2 aromatic rings. The van der Waals surface area contributed by atoms with E-state index in [1.165, 1.54) is 31.4 Å². The van der Waals surface area contributed by atoms with Gasteiger partial charge in [0.05, 0.1) is 6.54 Å². The molecule has 4 nitrogen and oxygen atoms in total. The molecule has 2 fully saturated rings. The molecule has 1 saturated heterocycles. The maximum atomic E-state index is 14.1. The van der Waals surface area contributed by atoms with Gasteiger partial charge in [0.15, 0.2) is 0 Å². The van der Waals surface area contributed by atoms with Crippen molar-refractivity contribution < 1.29 is 13.6 Å². The van der Waals surface area contributed by atoms with Crippen molar-refractivity contribution in [1.82, 2.24) is 14.7 Å². The molecule has 0 atom stereocenters. The molecule has 0 radical (unpaired) electrons. The van der Waals surface area contributed by atoms with Crippen LogP contribution in [0.3, 0.4) is 0 Å². The number of nitrogens with zero attached hydrogens (tertiary/aromatic N) is 3. The molecule has 1 saturated carbocycles. The number of piperazine rings is 1. The second kappa shape index (κ2) is 8.67. The Morgan fingerprint density at radius 1 is 0.935 bits per heavy atom. The molecular weight excluding hydrogens is 396 g/mol. The molecule has 0 unspecified atom stereocenters. The van der Waals surface area contributed by atoms with Gasteiger partial charge in [0.25, 0.3) is 0 Å². The molecule has 1 amide bonds. The number of hydrogen-bond donors (Lipinski definition) is 0. The highest BCUT2D eigenvalue weighted by Crippen LogP contribution is 2.29. The normalized spacial score (nSPS) is 20.4. The lowest BCUT2D eigenvalue weighted by molar-refractivity contribution is -0.135. The van der Waals surface area contributed by atoms with Gasteiger partial charge in [-0.15, -0.1) is 0 Å². The number of fused-ring (bicyclic) bond motifs is 1. The molecule has 3 aliphatic rings. The summed E-state index contributed by atoms with van der Waals surface area (Å²) < 4.78 is 27.7. The van der Waals surface area contributed by atoms with Gasteiger partial charge in [-0.25, -0.2) is 8.78 Å². The highest BCUT2D eigenvalue weighted by molar-refractivity contribution is 5.78. The van der Waals surface area contributed by atoms with Gasteiger partial charge in [-0.05, 0) is 54.2 Å². The summed E-state index contributed by atoms with van der Waals surface area (Å²) in [4.78, 5) is 19.6. The van der Waals surface area contributed by atoms with Crippen molar-refractivity contribution in [2.45, 2.75) is 38.3 Å². The molecule has 5 rings (SSSR count). The maximum absolute atomic E-state index is 14.1. The van der Waals surface area contributed by atoms with Crippen molar-refractivity contribution in [2.75, 3.05) is 39.3 Å². The fourth-order valence-corrected chi connectivity index (χ4v) is 5.01. The second-order valence-corrected chi connectivity index (χ2v) is 9.07. The average Bonchev–Trinajstić information content (AvgIpc) is 2.74. The topological polar surface area (TPSA) is 26.8 Å². The number of rotatable bonds is 4. The van der Waals surface area contributed by atoms with E-state index in [4.69, 9.17) is 0 Å². The summed E-state index contributed by atoms with van der Waals surface area (Å²) in [5, 5.41) is 0. The summed E-state index contributed by atoms with van der Waals surface area (Å²) in [5.74, 6) is -0.635. The van der Waals surface area contributed by atoms with E-state index in [-0.39, 0.29) is 5.91 Å². The minimum Gasteiger partial charge on any atom is -0.339 e. The Hall–Kier alpha value is -2.31. The first kappa shape index (κ1) is 20.6. The van der Waals surface area contributed by atoms with Crippen LogP contribution in [0.1, 0.15) is 30.4 Å². The van der Waals surface area contributed by atoms with Crippen LogP contribution >= 0.6 is 0 Å². The van der Waals surface area contributed by atoms with E-state index >= 15 is 0 Å². The lowest BCUT2D eigenvalue weighted by Crippen LogP contribution is -2.55. The van der Waals surface area contributed by atoms with Crippen LogP contribution in [0.2, 0.25) is 0 Å². The SMILES string of the molecule is O=C(CN1CCc2cc(-c3cc(F)ccc3F)ccc2C1)N1CCN(C2CCC2)CC1. The largest absolute Gasteiger partial charge is 0.339 e. The molecule has 0 aromatic heterocycles. The van der Waals surface area contributed by atoms with Crippen LogP contribution in [0.4, 0.5) is 8.78 Å². The molecule has 1 aliphatic carbocycles. The van der Waals surface area contributed by atoms with Crippen molar-refractivity contribution >= 4 is 5.91 Å². The van der Waals surface area contributed by atoms with Crippen molar-refractivity contribution in [2.24, 2.45) is 0 Å². The summed E-state index contributed by atoms with van der Waals surface area (Å²) in [6.07, 6.45) is 4.78. The molecule has 0 spiro atoms. The number of amides is 1. The highest BCUT2D eigenvalue weighted by Gasteiger charge is 2.30. The Bertz CT molecular complexity index is 967. The Kier molecular flexibility index (Phi) is 5.76. The summed E-state index contributed by atoms with van der Waals surface area (Å²) >= 11 is 0. The van der Waals surface area contributed by atoms with Gasteiger partial charge >= 0.3 is 0 Å². The Morgan fingerprint density at radius 3 is 2.48 bits per heavy atom. The number of benzene rings is 2. The third kappa shape index (κ3) is 4.37. The Labute approximate surface area is 182 Å². The molecule has 0 N–H and O–H groups in total. The Morgan fingerprint density at radius 2 is 1.74 bits per heavy atom. The zero-order chi connectivity index (χ0) is 21.4. The fraction of sp³-hybridized carbons (Fsp3) is 0.480. The van der Waals surface area contributed by atoms with Gasteiger partial charge in [-0.2, -0.15) is 0 Å². The van der Waals surface area contributed by atoms with E-state index in [2.05, 4.69) is 9.80 Å². The van der Waals surface area contributed by atoms with Crippen LogP contribution in [0.5, 0.6) is 0 Å². The number of hydrogen-bond acceptors (Lipinski definition) is 3. The number of halogens is 2. The first-order valence-corrected chi connectivity index (χ1v) is 11.4. The molecular formula is C25H29F2N3O. The highest BCUT2D eigenvalue weighted by atomic mass is 19.1. The monoisotopic (exact) mass is 425 g/mol. The molecule has 31 heavy (non-hydrogen) atoms. The van der Waals surface area contributed by atoms with E-state index in [1.807, 2.05) is 23.1 Å². The molecule has 164 valence electrons.